The highest BCUT2D eigenvalue weighted by Crippen LogP contribution is 2.37. The fourth-order valence-corrected chi connectivity index (χ4v) is 1.85. The largest absolute Gasteiger partial charge is 0.316 e. The van der Waals surface area contributed by atoms with Gasteiger partial charge in [-0.15, -0.1) is 0 Å². The van der Waals surface area contributed by atoms with Crippen molar-refractivity contribution in [2.24, 2.45) is 0 Å². The average Bonchev–Trinajstić information content (AvgIpc) is 2.19. The summed E-state index contributed by atoms with van der Waals surface area (Å²) in [6.45, 7) is 0.638. The van der Waals surface area contributed by atoms with Crippen molar-refractivity contribution in [1.29, 1.82) is 0 Å². The van der Waals surface area contributed by atoms with Crippen molar-refractivity contribution in [1.82, 2.24) is 5.32 Å². The van der Waals surface area contributed by atoms with E-state index in [4.69, 9.17) is 5.21 Å². The normalized spacial score (nSPS) is 25.1. The van der Waals surface area contributed by atoms with Crippen LogP contribution in [-0.4, -0.2) is 24.2 Å². The Morgan fingerprint density at radius 1 is 1.40 bits per heavy atom. The van der Waals surface area contributed by atoms with Gasteiger partial charge in [0.15, 0.2) is 0 Å². The topological polar surface area (TPSA) is 36.1 Å². The fourth-order valence-electron chi connectivity index (χ4n) is 1.85. The lowest BCUT2D eigenvalue weighted by Crippen LogP contribution is -2.43. The van der Waals surface area contributed by atoms with Crippen molar-refractivity contribution in [3.8, 4) is 0 Å². The molecule has 5 heteroatoms. The fraction of sp³-hybridized carbons (Fsp3) is 0.500. The second-order valence-corrected chi connectivity index (χ2v) is 3.78. The minimum Gasteiger partial charge on any atom is -0.316 e. The number of nitrogens with one attached hydrogen (secondary N) is 1. The lowest BCUT2D eigenvalue weighted by Gasteiger charge is -2.31. The molecule has 0 unspecified atom stereocenters. The van der Waals surface area contributed by atoms with Crippen LogP contribution in [-0.2, 0) is 0 Å². The van der Waals surface area contributed by atoms with Crippen LogP contribution in [0.3, 0.4) is 0 Å². The molecule has 1 atom stereocenters. The number of alkyl halides is 2. The van der Waals surface area contributed by atoms with E-state index in [2.05, 4.69) is 5.32 Å². The molecule has 1 fully saturated rings. The Bertz CT molecular complexity index is 340. The first kappa shape index (κ1) is 10.3. The molecule has 15 heavy (non-hydrogen) atoms. The van der Waals surface area contributed by atoms with E-state index in [0.717, 1.165) is 4.73 Å². The Morgan fingerprint density at radius 2 is 2.07 bits per heavy atom. The van der Waals surface area contributed by atoms with Crippen LogP contribution in [0.1, 0.15) is 17.9 Å². The van der Waals surface area contributed by atoms with Crippen molar-refractivity contribution < 1.29 is 18.7 Å². The number of aromatic nitrogens is 1. The minimum atomic E-state index is -2.66. The van der Waals surface area contributed by atoms with E-state index in [1.165, 1.54) is 24.5 Å². The summed E-state index contributed by atoms with van der Waals surface area (Å²) < 4.78 is 27.9. The number of halogens is 2. The first-order valence-corrected chi connectivity index (χ1v) is 4.88. The van der Waals surface area contributed by atoms with Crippen molar-refractivity contribution >= 4 is 0 Å². The molecule has 1 saturated heterocycles. The van der Waals surface area contributed by atoms with E-state index in [9.17, 15) is 8.78 Å². The van der Waals surface area contributed by atoms with Gasteiger partial charge in [0, 0.05) is 36.4 Å². The van der Waals surface area contributed by atoms with Gasteiger partial charge < -0.3 is 5.32 Å². The van der Waals surface area contributed by atoms with Crippen molar-refractivity contribution in [2.45, 2.75) is 18.3 Å². The summed E-state index contributed by atoms with van der Waals surface area (Å²) >= 11 is 0. The zero-order valence-corrected chi connectivity index (χ0v) is 8.16. The molecule has 1 aliphatic rings. The third-order valence-electron chi connectivity index (χ3n) is 2.74. The van der Waals surface area contributed by atoms with Crippen LogP contribution in [0.4, 0.5) is 8.78 Å². The predicted molar refractivity (Wildman–Crippen MR) is 49.0 cm³/mol. The van der Waals surface area contributed by atoms with Crippen molar-refractivity contribution in [3.05, 3.63) is 30.1 Å². The van der Waals surface area contributed by atoms with Gasteiger partial charge in [-0.3, -0.25) is 5.21 Å². The maximum atomic E-state index is 13.5. The van der Waals surface area contributed by atoms with Crippen LogP contribution in [0.2, 0.25) is 0 Å². The van der Waals surface area contributed by atoms with Crippen LogP contribution in [0, 0.1) is 0 Å². The number of hydrogen-bond donors (Lipinski definition) is 2. The van der Waals surface area contributed by atoms with Crippen LogP contribution in [0.5, 0.6) is 0 Å². The number of rotatable bonds is 1. The summed E-state index contributed by atoms with van der Waals surface area (Å²) in [5.74, 6) is -3.46. The van der Waals surface area contributed by atoms with Crippen LogP contribution in [0.15, 0.2) is 24.5 Å². The molecule has 2 heterocycles. The van der Waals surface area contributed by atoms with E-state index < -0.39 is 11.8 Å². The molecule has 0 saturated carbocycles. The summed E-state index contributed by atoms with van der Waals surface area (Å²) in [4.78, 5) is 0. The minimum absolute atomic E-state index is 0.133. The summed E-state index contributed by atoms with van der Waals surface area (Å²) in [5, 5.41) is 12.0. The first-order valence-electron chi connectivity index (χ1n) is 4.88. The quantitative estimate of drug-likeness (QED) is 0.540. The summed E-state index contributed by atoms with van der Waals surface area (Å²) in [6, 6.07) is 3.04. The molecular formula is C10H13F2N2O+. The Labute approximate surface area is 86.3 Å². The second kappa shape index (κ2) is 3.73. The molecular weight excluding hydrogens is 202 g/mol. The molecule has 0 aliphatic carbocycles. The Kier molecular flexibility index (Phi) is 2.56. The smallest absolute Gasteiger partial charge is 0.257 e. The first-order chi connectivity index (χ1) is 7.09. The van der Waals surface area contributed by atoms with Gasteiger partial charge in [0.1, 0.15) is 0 Å². The highest BCUT2D eigenvalue weighted by molar-refractivity contribution is 5.19. The Hall–Kier alpha value is -1.23. The average molecular weight is 215 g/mol. The molecule has 3 nitrogen and oxygen atoms in total. The van der Waals surface area contributed by atoms with E-state index in [1.54, 1.807) is 0 Å². The van der Waals surface area contributed by atoms with Gasteiger partial charge in [0.05, 0.1) is 5.92 Å². The third kappa shape index (κ3) is 2.07. The van der Waals surface area contributed by atoms with E-state index in [-0.39, 0.29) is 13.0 Å². The van der Waals surface area contributed by atoms with E-state index in [0.29, 0.717) is 12.1 Å². The Balaban J connectivity index is 2.25. The lowest BCUT2D eigenvalue weighted by molar-refractivity contribution is -0.904. The zero-order valence-electron chi connectivity index (χ0n) is 8.16. The monoisotopic (exact) mass is 215 g/mol. The number of piperidine rings is 1. The van der Waals surface area contributed by atoms with Gasteiger partial charge in [-0.25, -0.2) is 8.78 Å². The Morgan fingerprint density at radius 3 is 2.67 bits per heavy atom. The van der Waals surface area contributed by atoms with Gasteiger partial charge in [0.2, 0.25) is 12.4 Å². The lowest BCUT2D eigenvalue weighted by atomic mass is 9.89. The molecule has 0 amide bonds. The van der Waals surface area contributed by atoms with E-state index in [1.807, 2.05) is 0 Å². The number of nitrogens with zero attached hydrogens (tertiary/aromatic N) is 1. The molecule has 1 aliphatic heterocycles. The highest BCUT2D eigenvalue weighted by atomic mass is 19.3. The van der Waals surface area contributed by atoms with Crippen molar-refractivity contribution in [3.63, 3.8) is 0 Å². The van der Waals surface area contributed by atoms with Gasteiger partial charge in [-0.05, 0) is 5.56 Å². The van der Waals surface area contributed by atoms with Crippen LogP contribution in [0.25, 0.3) is 0 Å². The zero-order chi connectivity index (χ0) is 10.9. The molecule has 0 bridgehead atoms. The molecule has 82 valence electrons. The molecule has 1 aromatic heterocycles. The molecule has 1 aromatic rings. The standard InChI is InChI=1S/C10H13F2N2O/c11-10(12)3-4-13-7-9(10)8-1-5-14(15)6-2-8/h1-2,5-6,9,13,15H,3-4,7H2/q+1/t9-/m0/s1. The molecule has 0 aromatic carbocycles. The number of hydrogen-bond acceptors (Lipinski definition) is 2. The third-order valence-corrected chi connectivity index (χ3v) is 2.74. The molecule has 2 rings (SSSR count). The maximum Gasteiger partial charge on any atom is 0.257 e. The van der Waals surface area contributed by atoms with Gasteiger partial charge in [-0.2, -0.15) is 0 Å². The van der Waals surface area contributed by atoms with Gasteiger partial charge in [0.25, 0.3) is 5.92 Å². The van der Waals surface area contributed by atoms with E-state index >= 15 is 0 Å². The summed E-state index contributed by atoms with van der Waals surface area (Å²) in [6.07, 6.45) is 2.59. The van der Waals surface area contributed by atoms with Crippen LogP contribution < -0.4 is 10.0 Å². The van der Waals surface area contributed by atoms with Crippen LogP contribution >= 0.6 is 0 Å². The molecule has 0 radical (unpaired) electrons. The maximum absolute atomic E-state index is 13.5. The van der Waals surface area contributed by atoms with Gasteiger partial charge in [-0.1, -0.05) is 0 Å². The molecule has 2 N–H and O–H groups in total. The predicted octanol–water partition coefficient (Wildman–Crippen LogP) is 0.924. The highest BCUT2D eigenvalue weighted by Gasteiger charge is 2.42. The van der Waals surface area contributed by atoms with Crippen molar-refractivity contribution in [2.75, 3.05) is 13.1 Å². The van der Waals surface area contributed by atoms with Gasteiger partial charge >= 0.3 is 0 Å². The second-order valence-electron chi connectivity index (χ2n) is 3.78. The summed E-state index contributed by atoms with van der Waals surface area (Å²) in [5.41, 5.74) is 0.553. The number of pyridine rings is 1. The summed E-state index contributed by atoms with van der Waals surface area (Å²) in [7, 11) is 0. The SMILES string of the molecule is O[n+]1ccc([C@@H]2CNCCC2(F)F)cc1. The molecule has 0 spiro atoms.